The molecule has 5 atom stereocenters. The molecule has 2 heterocycles. The van der Waals surface area contributed by atoms with E-state index in [1.807, 2.05) is 30.5 Å². The van der Waals surface area contributed by atoms with Gasteiger partial charge in [-0.2, -0.15) is 0 Å². The summed E-state index contributed by atoms with van der Waals surface area (Å²) in [6.45, 7) is 0.501. The van der Waals surface area contributed by atoms with Crippen molar-refractivity contribution in [2.24, 2.45) is 11.3 Å². The lowest BCUT2D eigenvalue weighted by Gasteiger charge is -2.23. The van der Waals surface area contributed by atoms with E-state index < -0.39 is 23.7 Å². The zero-order chi connectivity index (χ0) is 22.6. The van der Waals surface area contributed by atoms with Gasteiger partial charge in [0.05, 0.1) is 23.9 Å². The smallest absolute Gasteiger partial charge is 0.229 e. The molecular weight excluding hydrogens is 452 g/mol. The second-order valence-electron chi connectivity index (χ2n) is 8.22. The highest BCUT2D eigenvalue weighted by Crippen LogP contribution is 2.67. The Kier molecular flexibility index (Phi) is 5.28. The van der Waals surface area contributed by atoms with Crippen LogP contribution in [0.15, 0.2) is 35.7 Å². The number of halogens is 1. The maximum absolute atomic E-state index is 12.5. The number of fused-ring (bicyclic) bond motifs is 2. The molecule has 32 heavy (non-hydrogen) atoms. The van der Waals surface area contributed by atoms with Crippen LogP contribution >= 0.6 is 23.4 Å². The fourth-order valence-corrected chi connectivity index (χ4v) is 5.52. The van der Waals surface area contributed by atoms with E-state index in [-0.39, 0.29) is 11.8 Å². The first-order valence-corrected chi connectivity index (χ1v) is 11.9. The molecule has 3 aromatic rings. The summed E-state index contributed by atoms with van der Waals surface area (Å²) in [5, 5.41) is 28.6. The number of aliphatic hydroxyl groups excluding tert-OH is 2. The highest BCUT2D eigenvalue weighted by atomic mass is 35.5. The van der Waals surface area contributed by atoms with Crippen molar-refractivity contribution in [1.82, 2.24) is 24.8 Å². The van der Waals surface area contributed by atoms with E-state index in [4.69, 9.17) is 11.6 Å². The number of anilines is 1. The summed E-state index contributed by atoms with van der Waals surface area (Å²) in [6, 6.07) is 7.05. The van der Waals surface area contributed by atoms with Crippen LogP contribution in [0.25, 0.3) is 11.2 Å². The molecule has 2 saturated carbocycles. The van der Waals surface area contributed by atoms with E-state index in [9.17, 15) is 15.0 Å². The SMILES string of the molecule is CNC(=O)[C@@]12C[C@@H]1[C@@H](n1cnc3c(NCc4cccc(Cl)c4)nc(SC)nc31)C(O)C2O. The minimum Gasteiger partial charge on any atom is -0.389 e. The Morgan fingerprint density at radius 2 is 2.19 bits per heavy atom. The number of aliphatic hydroxyl groups is 2. The number of nitrogens with one attached hydrogen (secondary N) is 2. The molecule has 0 saturated heterocycles. The maximum atomic E-state index is 12.5. The normalized spacial score (nSPS) is 28.5. The molecule has 0 radical (unpaired) electrons. The lowest BCUT2D eigenvalue weighted by atomic mass is 9.98. The van der Waals surface area contributed by atoms with Gasteiger partial charge in [-0.3, -0.25) is 4.79 Å². The van der Waals surface area contributed by atoms with Gasteiger partial charge in [-0.15, -0.1) is 0 Å². The lowest BCUT2D eigenvalue weighted by Crippen LogP contribution is -2.41. The number of benzene rings is 1. The molecule has 168 valence electrons. The van der Waals surface area contributed by atoms with Gasteiger partial charge in [0, 0.05) is 24.5 Å². The molecule has 2 fully saturated rings. The molecule has 5 rings (SSSR count). The summed E-state index contributed by atoms with van der Waals surface area (Å²) in [6.07, 6.45) is 1.76. The van der Waals surface area contributed by atoms with Crippen molar-refractivity contribution in [3.05, 3.63) is 41.2 Å². The summed E-state index contributed by atoms with van der Waals surface area (Å²) >= 11 is 7.48. The number of nitrogens with zero attached hydrogens (tertiary/aromatic N) is 4. The largest absolute Gasteiger partial charge is 0.389 e. The van der Waals surface area contributed by atoms with Crippen molar-refractivity contribution in [3.8, 4) is 0 Å². The van der Waals surface area contributed by atoms with Crippen molar-refractivity contribution in [3.63, 3.8) is 0 Å². The third-order valence-corrected chi connectivity index (χ3v) is 7.36. The average molecular weight is 475 g/mol. The van der Waals surface area contributed by atoms with E-state index in [2.05, 4.69) is 25.6 Å². The number of carbonyl (C=O) groups is 1. The van der Waals surface area contributed by atoms with Gasteiger partial charge in [-0.1, -0.05) is 35.5 Å². The van der Waals surface area contributed by atoms with Crippen LogP contribution in [-0.4, -0.2) is 61.2 Å². The van der Waals surface area contributed by atoms with Crippen LogP contribution in [0.1, 0.15) is 18.0 Å². The number of amides is 1. The predicted molar refractivity (Wildman–Crippen MR) is 122 cm³/mol. The highest BCUT2D eigenvalue weighted by Gasteiger charge is 2.75. The highest BCUT2D eigenvalue weighted by molar-refractivity contribution is 7.98. The molecule has 1 amide bonds. The summed E-state index contributed by atoms with van der Waals surface area (Å²) in [7, 11) is 1.54. The van der Waals surface area contributed by atoms with E-state index in [0.717, 1.165) is 5.56 Å². The van der Waals surface area contributed by atoms with E-state index in [1.54, 1.807) is 17.9 Å². The number of hydrogen-bond acceptors (Lipinski definition) is 8. The van der Waals surface area contributed by atoms with Gasteiger partial charge in [0.25, 0.3) is 0 Å². The molecule has 0 aliphatic heterocycles. The van der Waals surface area contributed by atoms with Gasteiger partial charge < -0.3 is 25.4 Å². The zero-order valence-electron chi connectivity index (χ0n) is 17.5. The van der Waals surface area contributed by atoms with Crippen molar-refractivity contribution in [1.29, 1.82) is 0 Å². The van der Waals surface area contributed by atoms with Crippen LogP contribution in [0.3, 0.4) is 0 Å². The molecule has 2 aliphatic rings. The van der Waals surface area contributed by atoms with Gasteiger partial charge in [-0.25, -0.2) is 15.0 Å². The molecule has 0 bridgehead atoms. The van der Waals surface area contributed by atoms with Crippen molar-refractivity contribution in [2.45, 2.75) is 36.4 Å². The van der Waals surface area contributed by atoms with Crippen molar-refractivity contribution in [2.75, 3.05) is 18.6 Å². The Morgan fingerprint density at radius 1 is 1.38 bits per heavy atom. The van der Waals surface area contributed by atoms with Gasteiger partial charge in [-0.05, 0) is 30.4 Å². The van der Waals surface area contributed by atoms with E-state index in [1.165, 1.54) is 11.8 Å². The molecule has 2 aromatic heterocycles. The molecular formula is C21H23ClN6O3S. The zero-order valence-corrected chi connectivity index (χ0v) is 19.1. The molecule has 11 heteroatoms. The summed E-state index contributed by atoms with van der Waals surface area (Å²) in [5.74, 6) is 0.129. The third kappa shape index (κ3) is 3.16. The standard InChI is InChI=1S/C21H23ClN6O3S/c1-23-19(31)21-7-12(21)14(15(29)16(21)30)28-9-25-13-17(26-20(32-2)27-18(13)28)24-8-10-4-3-5-11(22)6-10/h3-6,9,12,14-16,29-30H,7-8H2,1-2H3,(H,23,31)(H,24,26,27)/t12-,14-,15?,16?,21+/m1/s1. The monoisotopic (exact) mass is 474 g/mol. The van der Waals surface area contributed by atoms with Crippen LogP contribution in [-0.2, 0) is 11.3 Å². The first-order chi connectivity index (χ1) is 15.4. The first kappa shape index (κ1) is 21.4. The Bertz CT molecular complexity index is 1210. The Balaban J connectivity index is 1.51. The number of rotatable bonds is 6. The number of hydrogen-bond donors (Lipinski definition) is 4. The molecule has 9 nitrogen and oxygen atoms in total. The van der Waals surface area contributed by atoms with Crippen LogP contribution in [0.4, 0.5) is 5.82 Å². The quantitative estimate of drug-likeness (QED) is 0.315. The summed E-state index contributed by atoms with van der Waals surface area (Å²) in [5.41, 5.74) is 1.15. The number of thioether (sulfide) groups is 1. The van der Waals surface area contributed by atoms with Gasteiger partial charge in [0.1, 0.15) is 6.10 Å². The Hall–Kier alpha value is -2.40. The van der Waals surface area contributed by atoms with Crippen LogP contribution < -0.4 is 10.6 Å². The maximum Gasteiger partial charge on any atom is 0.229 e. The number of imidazole rings is 1. The topological polar surface area (TPSA) is 125 Å². The van der Waals surface area contributed by atoms with Gasteiger partial charge in [0.15, 0.2) is 22.1 Å². The number of carbonyl (C=O) groups excluding carboxylic acids is 1. The summed E-state index contributed by atoms with van der Waals surface area (Å²) < 4.78 is 1.78. The molecule has 4 N–H and O–H groups in total. The fraction of sp³-hybridized carbons (Fsp3) is 0.429. The van der Waals surface area contributed by atoms with Crippen molar-refractivity contribution >= 4 is 46.3 Å². The molecule has 1 aromatic carbocycles. The minimum absolute atomic E-state index is 0.194. The predicted octanol–water partition coefficient (Wildman–Crippen LogP) is 1.84. The second-order valence-corrected chi connectivity index (χ2v) is 9.43. The summed E-state index contributed by atoms with van der Waals surface area (Å²) in [4.78, 5) is 26.2. The fourth-order valence-electron chi connectivity index (χ4n) is 4.95. The Morgan fingerprint density at radius 3 is 2.91 bits per heavy atom. The lowest BCUT2D eigenvalue weighted by molar-refractivity contribution is -0.132. The van der Waals surface area contributed by atoms with E-state index >= 15 is 0 Å². The van der Waals surface area contributed by atoms with Crippen LogP contribution in [0.2, 0.25) is 5.02 Å². The van der Waals surface area contributed by atoms with Crippen molar-refractivity contribution < 1.29 is 15.0 Å². The molecule has 2 aliphatic carbocycles. The van der Waals surface area contributed by atoms with Gasteiger partial charge in [0.2, 0.25) is 5.91 Å². The molecule has 2 unspecified atom stereocenters. The van der Waals surface area contributed by atoms with Crippen LogP contribution in [0.5, 0.6) is 0 Å². The minimum atomic E-state index is -1.14. The Labute approximate surface area is 193 Å². The molecule has 0 spiro atoms. The first-order valence-electron chi connectivity index (χ1n) is 10.3. The van der Waals surface area contributed by atoms with Gasteiger partial charge >= 0.3 is 0 Å². The van der Waals surface area contributed by atoms with E-state index in [0.29, 0.717) is 40.1 Å². The average Bonchev–Trinajstić information content (AvgIpc) is 3.33. The second kappa shape index (κ2) is 7.87. The van der Waals surface area contributed by atoms with Crippen LogP contribution in [0, 0.1) is 11.3 Å². The third-order valence-electron chi connectivity index (χ3n) is 6.58. The number of aromatic nitrogens is 4.